The Bertz CT molecular complexity index is 2480. The van der Waals surface area contributed by atoms with Crippen molar-refractivity contribution in [2.75, 3.05) is 19.8 Å². The lowest BCUT2D eigenvalue weighted by Crippen LogP contribution is -2.54. The number of nitrogens with one attached hydrogen (secondary N) is 3. The molecule has 0 radical (unpaired) electrons. The first-order valence-corrected chi connectivity index (χ1v) is 38.6. The van der Waals surface area contributed by atoms with Gasteiger partial charge in [-0.1, -0.05) is 98.7 Å². The van der Waals surface area contributed by atoms with Gasteiger partial charge in [-0.05, 0) is 229 Å². The minimum atomic E-state index is -1.97. The summed E-state index contributed by atoms with van der Waals surface area (Å²) in [5.41, 5.74) is -0.361. The number of carbonyl (C=O) groups is 3. The number of aryl methyl sites for hydroxylation is 3. The van der Waals surface area contributed by atoms with Crippen molar-refractivity contribution in [1.82, 2.24) is 16.0 Å². The van der Waals surface area contributed by atoms with E-state index in [1.807, 2.05) is 84.9 Å². The number of ether oxygens (including phenoxy) is 3. The molecule has 3 amide bonds. The zero-order valence-corrected chi connectivity index (χ0v) is 60.3. The molecule has 0 aliphatic carbocycles. The summed E-state index contributed by atoms with van der Waals surface area (Å²) in [6, 6.07) is 23.4. The maximum Gasteiger partial charge on any atom is 0.408 e. The summed E-state index contributed by atoms with van der Waals surface area (Å²) in [7, 11) is -5.69. The fourth-order valence-electron chi connectivity index (χ4n) is 7.01. The second kappa shape index (κ2) is 30.4. The highest BCUT2D eigenvalue weighted by atomic mass is 28.4. The van der Waals surface area contributed by atoms with Crippen LogP contribution in [0.2, 0.25) is 54.4 Å². The summed E-state index contributed by atoms with van der Waals surface area (Å²) >= 11 is 0. The van der Waals surface area contributed by atoms with Crippen LogP contribution in [0.5, 0.6) is 17.2 Å². The van der Waals surface area contributed by atoms with Crippen LogP contribution >= 0.6 is 0 Å². The zero-order valence-electron chi connectivity index (χ0n) is 57.3. The molecule has 3 aromatic carbocycles. The number of carbonyl (C=O) groups excluding carboxylic acids is 3. The third-order valence-electron chi connectivity index (χ3n) is 15.7. The van der Waals surface area contributed by atoms with E-state index in [1.165, 1.54) is 5.56 Å². The number of aromatic hydroxyl groups is 1. The molecule has 0 saturated carbocycles. The molecular weight excluding hydrogens is 1110 g/mol. The maximum absolute atomic E-state index is 12.7. The Morgan fingerprint density at radius 3 is 0.893 bits per heavy atom. The Hall–Kier alpha value is -4.60. The van der Waals surface area contributed by atoms with Crippen molar-refractivity contribution < 1.29 is 57.2 Å². The van der Waals surface area contributed by atoms with Crippen LogP contribution in [0.1, 0.15) is 181 Å². The van der Waals surface area contributed by atoms with Crippen LogP contribution in [0.3, 0.4) is 0 Å². The molecule has 0 aliphatic rings. The highest BCUT2D eigenvalue weighted by Crippen LogP contribution is 2.40. The van der Waals surface area contributed by atoms with Gasteiger partial charge in [-0.3, -0.25) is 0 Å². The lowest BCUT2D eigenvalue weighted by molar-refractivity contribution is 0.0396. The van der Waals surface area contributed by atoms with E-state index in [0.717, 1.165) is 41.9 Å². The van der Waals surface area contributed by atoms with E-state index in [-0.39, 0.29) is 34.1 Å². The van der Waals surface area contributed by atoms with Gasteiger partial charge >= 0.3 is 18.3 Å². The third kappa shape index (κ3) is 29.7. The summed E-state index contributed by atoms with van der Waals surface area (Å²) < 4.78 is 35.4. The van der Waals surface area contributed by atoms with Crippen molar-refractivity contribution in [2.45, 2.75) is 272 Å². The van der Waals surface area contributed by atoms with Gasteiger partial charge in [0.05, 0.1) is 36.4 Å². The molecule has 0 fully saturated rings. The second-order valence-electron chi connectivity index (χ2n) is 31.1. The first-order chi connectivity index (χ1) is 37.7. The second-order valence-corrected chi connectivity index (χ2v) is 45.4. The summed E-state index contributed by atoms with van der Waals surface area (Å²) in [5, 5.41) is 37.6. The SMILES string of the molecule is CC(C)(C)OC(=O)N[C@@](C)(CO)CCc1ccc(O)cc1.CC(C)(C)OC(=O)N[C@@](C)(CO)CCc1ccc(O[Si](C)(C)C(C)(C)C)cc1.CC(C)(C)OC(=O)N[C@](C)(CCc1ccc(O[Si](C)(C)C(C)(C)C)cc1)CO[Si](C)(C)C(C)(C)C. The van der Waals surface area contributed by atoms with E-state index >= 15 is 0 Å². The van der Waals surface area contributed by atoms with Crippen molar-refractivity contribution in [3.8, 4) is 17.2 Å². The molecule has 0 bridgehead atoms. The number of hydrogen-bond donors (Lipinski definition) is 6. The molecule has 0 saturated heterocycles. The van der Waals surface area contributed by atoms with E-state index in [9.17, 15) is 29.7 Å². The predicted molar refractivity (Wildman–Crippen MR) is 352 cm³/mol. The lowest BCUT2D eigenvalue weighted by Gasteiger charge is -2.40. The highest BCUT2D eigenvalue weighted by molar-refractivity contribution is 6.75. The zero-order chi connectivity index (χ0) is 65.4. The van der Waals surface area contributed by atoms with Gasteiger partial charge in [-0.15, -0.1) is 0 Å². The number of phenols is 1. The van der Waals surface area contributed by atoms with Crippen LogP contribution in [0.15, 0.2) is 72.8 Å². The first kappa shape index (κ1) is 77.4. The van der Waals surface area contributed by atoms with E-state index < -0.39 is 76.7 Å². The molecule has 0 spiro atoms. The van der Waals surface area contributed by atoms with E-state index in [0.29, 0.717) is 25.9 Å². The first-order valence-electron chi connectivity index (χ1n) is 29.9. The van der Waals surface area contributed by atoms with Crippen molar-refractivity contribution >= 4 is 43.2 Å². The van der Waals surface area contributed by atoms with Gasteiger partial charge in [-0.25, -0.2) is 14.4 Å². The Morgan fingerprint density at radius 1 is 0.393 bits per heavy atom. The largest absolute Gasteiger partial charge is 0.544 e. The molecule has 3 atom stereocenters. The summed E-state index contributed by atoms with van der Waals surface area (Å²) in [6.45, 7) is 55.8. The molecule has 0 heterocycles. The number of aliphatic hydroxyl groups is 2. The van der Waals surface area contributed by atoms with Crippen LogP contribution < -0.4 is 24.8 Å². The number of amides is 3. The molecule has 3 aromatic rings. The molecular formula is C66H117N3O12Si3. The van der Waals surface area contributed by atoms with Gasteiger partial charge in [0.15, 0.2) is 8.32 Å². The number of phenolic OH excluding ortho intramolecular Hbond substituents is 1. The summed E-state index contributed by atoms with van der Waals surface area (Å²) in [5.74, 6) is 2.04. The van der Waals surface area contributed by atoms with Crippen LogP contribution in [-0.2, 0) is 37.9 Å². The van der Waals surface area contributed by atoms with Crippen molar-refractivity contribution in [3.05, 3.63) is 89.5 Å². The van der Waals surface area contributed by atoms with Gasteiger partial charge in [0, 0.05) is 0 Å². The van der Waals surface area contributed by atoms with Crippen LogP contribution in [0.25, 0.3) is 0 Å². The van der Waals surface area contributed by atoms with E-state index in [4.69, 9.17) is 27.5 Å². The van der Waals surface area contributed by atoms with Gasteiger partial charge in [-0.2, -0.15) is 0 Å². The van der Waals surface area contributed by atoms with Gasteiger partial charge in [0.25, 0.3) is 0 Å². The van der Waals surface area contributed by atoms with Crippen molar-refractivity contribution in [2.24, 2.45) is 0 Å². The maximum atomic E-state index is 12.7. The molecule has 84 heavy (non-hydrogen) atoms. The Morgan fingerprint density at radius 2 is 0.643 bits per heavy atom. The van der Waals surface area contributed by atoms with Crippen LogP contribution in [0, 0.1) is 0 Å². The molecule has 0 aromatic heterocycles. The number of aliphatic hydroxyl groups excluding tert-OH is 2. The number of benzene rings is 3. The third-order valence-corrected chi connectivity index (χ3v) is 28.9. The fraction of sp³-hybridized carbons (Fsp3) is 0.682. The molecule has 0 aliphatic heterocycles. The minimum Gasteiger partial charge on any atom is -0.544 e. The van der Waals surface area contributed by atoms with Gasteiger partial charge < -0.3 is 58.8 Å². The number of rotatable bonds is 21. The predicted octanol–water partition coefficient (Wildman–Crippen LogP) is 16.2. The molecule has 6 N–H and O–H groups in total. The molecule has 3 rings (SSSR count). The molecule has 0 unspecified atom stereocenters. The Balaban J connectivity index is 0.000000650. The quantitative estimate of drug-likeness (QED) is 0.0436. The van der Waals surface area contributed by atoms with Crippen molar-refractivity contribution in [1.29, 1.82) is 0 Å². The molecule has 480 valence electrons. The lowest BCUT2D eigenvalue weighted by atomic mass is 9.94. The normalized spacial score (nSPS) is 15.0. The smallest absolute Gasteiger partial charge is 0.408 e. The standard InChI is InChI=1S/C28H53NO4Si2.C22H39NO4Si.C16H25NO4/c1-25(2,3)32-24(30)29-28(10,21-31-34(11,12)26(4,5)6)20-19-22-15-17-23(18-16-22)33-35(13,14)27(7,8)9;1-20(2,3)26-19(25)23-22(7,16-24)15-14-17-10-12-18(13-11-17)27-28(8,9)21(4,5)6;1-15(2,3)21-14(20)17-16(4,11-18)10-9-12-5-7-13(19)8-6-12/h15-18H,19-21H2,1-14H3,(H,29,30);10-13,24H,14-16H2,1-9H3,(H,23,25);5-8,18-19H,9-11H2,1-4H3,(H,17,20)/t28-;22-;16-/m111/s1. The van der Waals surface area contributed by atoms with Crippen molar-refractivity contribution in [3.63, 3.8) is 0 Å². The Labute approximate surface area is 512 Å². The average molecular weight is 1230 g/mol. The topological polar surface area (TPSA) is 203 Å². The van der Waals surface area contributed by atoms with Crippen LogP contribution in [0.4, 0.5) is 14.4 Å². The monoisotopic (exact) mass is 1230 g/mol. The molecule has 18 heteroatoms. The fourth-order valence-corrected chi connectivity index (χ4v) is 10.2. The molecule has 15 nitrogen and oxygen atoms in total. The number of hydrogen-bond acceptors (Lipinski definition) is 12. The Kier molecular flexibility index (Phi) is 28.0. The van der Waals surface area contributed by atoms with Crippen LogP contribution in [-0.4, -0.2) is 112 Å². The van der Waals surface area contributed by atoms with E-state index in [2.05, 4.69) is 149 Å². The van der Waals surface area contributed by atoms with Gasteiger partial charge in [0.1, 0.15) is 34.1 Å². The number of alkyl carbamates (subject to hydrolysis) is 3. The van der Waals surface area contributed by atoms with E-state index in [1.54, 1.807) is 39.8 Å². The summed E-state index contributed by atoms with van der Waals surface area (Å²) in [4.78, 5) is 36.5. The minimum absolute atomic E-state index is 0.0970. The van der Waals surface area contributed by atoms with Gasteiger partial charge in [0.2, 0.25) is 16.6 Å². The highest BCUT2D eigenvalue weighted by Gasteiger charge is 2.42. The average Bonchev–Trinajstić information content (AvgIpc) is 3.52. The summed E-state index contributed by atoms with van der Waals surface area (Å²) in [6.07, 6.45) is 2.67.